The Morgan fingerprint density at radius 3 is 1.74 bits per heavy atom. The molecule has 0 amide bonds. The molecular formula is C45H25N5. The fourth-order valence-electron chi connectivity index (χ4n) is 7.41. The van der Waals surface area contributed by atoms with Gasteiger partial charge in [-0.3, -0.25) is 0 Å². The molecule has 0 N–H and O–H groups in total. The highest BCUT2D eigenvalue weighted by molar-refractivity contribution is 6.11. The van der Waals surface area contributed by atoms with Crippen LogP contribution in [0.2, 0.25) is 0 Å². The molecule has 0 atom stereocenters. The van der Waals surface area contributed by atoms with Crippen LogP contribution in [-0.2, 0) is 0 Å². The van der Waals surface area contributed by atoms with Crippen LogP contribution in [0.4, 0.5) is 5.69 Å². The van der Waals surface area contributed by atoms with Crippen molar-refractivity contribution >= 4 is 49.3 Å². The molecule has 5 nitrogen and oxygen atoms in total. The van der Waals surface area contributed by atoms with E-state index in [2.05, 4.69) is 105 Å². The number of hydrogen-bond acceptors (Lipinski definition) is 2. The topological polar surface area (TPSA) is 61.8 Å². The van der Waals surface area contributed by atoms with Crippen LogP contribution in [-0.4, -0.2) is 9.13 Å². The summed E-state index contributed by atoms with van der Waals surface area (Å²) in [6.07, 6.45) is 0. The lowest BCUT2D eigenvalue weighted by atomic mass is 9.94. The van der Waals surface area contributed by atoms with Crippen molar-refractivity contribution in [2.45, 2.75) is 0 Å². The monoisotopic (exact) mass is 635 g/mol. The van der Waals surface area contributed by atoms with E-state index in [0.717, 1.165) is 66.5 Å². The summed E-state index contributed by atoms with van der Waals surface area (Å²) >= 11 is 0. The highest BCUT2D eigenvalue weighted by Gasteiger charge is 2.20. The lowest BCUT2D eigenvalue weighted by Crippen LogP contribution is -1.98. The highest BCUT2D eigenvalue weighted by atomic mass is 15.0. The van der Waals surface area contributed by atoms with Crippen LogP contribution in [0.25, 0.3) is 82.1 Å². The van der Waals surface area contributed by atoms with Crippen molar-refractivity contribution in [1.29, 1.82) is 10.5 Å². The first-order chi connectivity index (χ1) is 24.7. The average Bonchev–Trinajstić information content (AvgIpc) is 3.70. The summed E-state index contributed by atoms with van der Waals surface area (Å²) in [6, 6.07) is 55.4. The van der Waals surface area contributed by atoms with E-state index in [9.17, 15) is 10.5 Å². The third kappa shape index (κ3) is 4.38. The average molecular weight is 636 g/mol. The second-order valence-corrected chi connectivity index (χ2v) is 12.3. The molecule has 0 saturated heterocycles. The number of fused-ring (bicyclic) bond motifs is 6. The van der Waals surface area contributed by atoms with E-state index in [1.54, 1.807) is 0 Å². The van der Waals surface area contributed by atoms with Gasteiger partial charge in [0.25, 0.3) is 0 Å². The Bertz CT molecular complexity index is 2920. The fraction of sp³-hybridized carbons (Fsp3) is 0. The van der Waals surface area contributed by atoms with E-state index in [4.69, 9.17) is 6.57 Å². The van der Waals surface area contributed by atoms with Gasteiger partial charge in [-0.25, -0.2) is 4.85 Å². The number of aromatic nitrogens is 2. The summed E-state index contributed by atoms with van der Waals surface area (Å²) in [7, 11) is 0. The summed E-state index contributed by atoms with van der Waals surface area (Å²) < 4.78 is 4.41. The van der Waals surface area contributed by atoms with E-state index < -0.39 is 0 Å². The summed E-state index contributed by atoms with van der Waals surface area (Å²) in [5.74, 6) is 0. The van der Waals surface area contributed by atoms with Crippen LogP contribution in [0.1, 0.15) is 11.1 Å². The zero-order valence-corrected chi connectivity index (χ0v) is 26.7. The third-order valence-corrected chi connectivity index (χ3v) is 9.55. The van der Waals surface area contributed by atoms with Gasteiger partial charge in [0.2, 0.25) is 5.69 Å². The van der Waals surface area contributed by atoms with E-state index >= 15 is 0 Å². The molecule has 5 heteroatoms. The molecule has 0 aliphatic carbocycles. The van der Waals surface area contributed by atoms with Crippen molar-refractivity contribution in [2.75, 3.05) is 0 Å². The van der Waals surface area contributed by atoms with Crippen molar-refractivity contribution < 1.29 is 0 Å². The number of nitrogens with zero attached hydrogens (tertiary/aromatic N) is 5. The van der Waals surface area contributed by atoms with Gasteiger partial charge in [0.15, 0.2) is 0 Å². The van der Waals surface area contributed by atoms with E-state index in [0.29, 0.717) is 16.8 Å². The predicted octanol–water partition coefficient (Wildman–Crippen LogP) is 11.5. The number of para-hydroxylation sites is 4. The van der Waals surface area contributed by atoms with Crippen molar-refractivity contribution in [3.63, 3.8) is 0 Å². The molecule has 0 radical (unpaired) electrons. The second-order valence-electron chi connectivity index (χ2n) is 12.3. The summed E-state index contributed by atoms with van der Waals surface area (Å²) in [5.41, 5.74) is 11.0. The molecule has 9 aromatic rings. The molecule has 0 spiro atoms. The Hall–Kier alpha value is -7.39. The van der Waals surface area contributed by atoms with Gasteiger partial charge in [0.1, 0.15) is 0 Å². The quantitative estimate of drug-likeness (QED) is 0.181. The highest BCUT2D eigenvalue weighted by Crippen LogP contribution is 2.42. The number of benzene rings is 7. The van der Waals surface area contributed by atoms with E-state index in [1.165, 1.54) is 10.8 Å². The van der Waals surface area contributed by atoms with Crippen LogP contribution in [0, 0.1) is 29.2 Å². The molecule has 0 bridgehead atoms. The number of rotatable bonds is 4. The standard InChI is InChI=1S/C45H25N5/c1-48-40-16-9-15-35(45(40)50-43-19-7-4-14-38(43)39-24-29(27-46)20-21-44(39)50)33-23-30(28-47)22-32(25-33)31-10-8-11-34(26-31)49-41-17-5-2-12-36(41)37-13-3-6-18-42(37)49/h2-26H. The molecule has 9 rings (SSSR count). The fourth-order valence-corrected chi connectivity index (χ4v) is 7.41. The minimum Gasteiger partial charge on any atom is -0.318 e. The molecule has 2 heterocycles. The minimum absolute atomic E-state index is 0.492. The van der Waals surface area contributed by atoms with Crippen LogP contribution < -0.4 is 0 Å². The smallest absolute Gasteiger partial charge is 0.211 e. The Morgan fingerprint density at radius 2 is 1.06 bits per heavy atom. The Morgan fingerprint density at radius 1 is 0.460 bits per heavy atom. The van der Waals surface area contributed by atoms with Gasteiger partial charge < -0.3 is 9.13 Å². The molecule has 0 fully saturated rings. The molecule has 230 valence electrons. The predicted molar refractivity (Wildman–Crippen MR) is 202 cm³/mol. The lowest BCUT2D eigenvalue weighted by molar-refractivity contribution is 1.18. The molecule has 0 unspecified atom stereocenters. The molecule has 50 heavy (non-hydrogen) atoms. The maximum Gasteiger partial charge on any atom is 0.211 e. The van der Waals surface area contributed by atoms with Crippen molar-refractivity contribution in [1.82, 2.24) is 9.13 Å². The second kappa shape index (κ2) is 11.4. The first-order valence-electron chi connectivity index (χ1n) is 16.3. The number of hydrogen-bond donors (Lipinski definition) is 0. The van der Waals surface area contributed by atoms with Crippen molar-refractivity contribution in [2.24, 2.45) is 0 Å². The minimum atomic E-state index is 0.492. The van der Waals surface area contributed by atoms with Gasteiger partial charge in [-0.05, 0) is 89.0 Å². The van der Waals surface area contributed by atoms with Gasteiger partial charge >= 0.3 is 0 Å². The van der Waals surface area contributed by atoms with Gasteiger partial charge in [0, 0.05) is 27.2 Å². The molecule has 0 saturated carbocycles. The van der Waals surface area contributed by atoms with E-state index in [1.807, 2.05) is 72.8 Å². The normalized spacial score (nSPS) is 11.1. The third-order valence-electron chi connectivity index (χ3n) is 9.55. The molecular weight excluding hydrogens is 611 g/mol. The van der Waals surface area contributed by atoms with Crippen LogP contribution in [0.5, 0.6) is 0 Å². The lowest BCUT2D eigenvalue weighted by Gasteiger charge is -2.17. The Kier molecular flexibility index (Phi) is 6.56. The van der Waals surface area contributed by atoms with Gasteiger partial charge in [-0.2, -0.15) is 10.5 Å². The maximum atomic E-state index is 10.3. The largest absolute Gasteiger partial charge is 0.318 e. The van der Waals surface area contributed by atoms with Crippen LogP contribution in [0.3, 0.4) is 0 Å². The van der Waals surface area contributed by atoms with Crippen LogP contribution in [0.15, 0.2) is 152 Å². The zero-order chi connectivity index (χ0) is 33.8. The summed E-state index contributed by atoms with van der Waals surface area (Å²) in [5, 5.41) is 24.3. The number of nitriles is 2. The Labute approximate surface area is 288 Å². The molecule has 0 aliphatic rings. The first kappa shape index (κ1) is 28.8. The molecule has 0 aliphatic heterocycles. The van der Waals surface area contributed by atoms with E-state index in [-0.39, 0.29) is 0 Å². The van der Waals surface area contributed by atoms with Gasteiger partial charge in [0.05, 0.1) is 57.6 Å². The van der Waals surface area contributed by atoms with Gasteiger partial charge in [-0.1, -0.05) is 84.9 Å². The van der Waals surface area contributed by atoms with Crippen molar-refractivity contribution in [3.8, 4) is 45.8 Å². The van der Waals surface area contributed by atoms with Gasteiger partial charge in [-0.15, -0.1) is 0 Å². The van der Waals surface area contributed by atoms with Crippen molar-refractivity contribution in [3.05, 3.63) is 174 Å². The van der Waals surface area contributed by atoms with Crippen LogP contribution >= 0.6 is 0 Å². The zero-order valence-electron chi connectivity index (χ0n) is 26.7. The summed E-state index contributed by atoms with van der Waals surface area (Å²) in [4.78, 5) is 3.98. The maximum absolute atomic E-state index is 10.3. The Balaban J connectivity index is 1.27. The first-order valence-corrected chi connectivity index (χ1v) is 16.3. The molecule has 7 aromatic carbocycles. The summed E-state index contributed by atoms with van der Waals surface area (Å²) in [6.45, 7) is 8.20. The molecule has 2 aromatic heterocycles. The SMILES string of the molecule is [C-]#[N+]c1cccc(-c2cc(C#N)cc(-c3cccc(-n4c5ccccc5c5ccccc54)c3)c2)c1-n1c2ccccc2c2cc(C#N)ccc21.